The van der Waals surface area contributed by atoms with Gasteiger partial charge in [-0.1, -0.05) is 6.07 Å². The molecule has 1 aromatic carbocycles. The van der Waals surface area contributed by atoms with Crippen LogP contribution in [0.2, 0.25) is 0 Å². The van der Waals surface area contributed by atoms with E-state index in [4.69, 9.17) is 9.47 Å². The van der Waals surface area contributed by atoms with Crippen LogP contribution in [0.4, 0.5) is 0 Å². The molecule has 2 N–H and O–H groups in total. The standard InChI is InChI=1S/C19H28N2O3.ClH/c1-23-16-6-5-14(12-17(16)24-2)4-3-9-21-18(22)15-13-19(15)7-10-20-11-8-19;/h5-6,12,15,20H,3-4,7-11,13H2,1-2H3,(H,21,22);1H. The predicted octanol–water partition coefficient (Wildman–Crippen LogP) is 2.56. The number of amides is 1. The molecule has 1 saturated carbocycles. The Morgan fingerprint density at radius 3 is 2.64 bits per heavy atom. The van der Waals surface area contributed by atoms with E-state index in [0.29, 0.717) is 5.41 Å². The maximum Gasteiger partial charge on any atom is 0.223 e. The molecular formula is C19H29ClN2O3. The van der Waals surface area contributed by atoms with E-state index in [2.05, 4.69) is 10.6 Å². The largest absolute Gasteiger partial charge is 0.493 e. The van der Waals surface area contributed by atoms with Gasteiger partial charge in [0.1, 0.15) is 0 Å². The molecule has 1 unspecified atom stereocenters. The van der Waals surface area contributed by atoms with Crippen molar-refractivity contribution in [1.29, 1.82) is 0 Å². The number of carbonyl (C=O) groups is 1. The van der Waals surface area contributed by atoms with Crippen LogP contribution < -0.4 is 20.1 Å². The van der Waals surface area contributed by atoms with Crippen LogP contribution in [-0.2, 0) is 11.2 Å². The number of hydrogen-bond acceptors (Lipinski definition) is 4. The molecule has 0 bridgehead atoms. The lowest BCUT2D eigenvalue weighted by molar-refractivity contribution is -0.123. The number of piperidine rings is 1. The zero-order valence-electron chi connectivity index (χ0n) is 15.1. The normalized spacial score (nSPS) is 20.5. The van der Waals surface area contributed by atoms with Gasteiger partial charge in [-0.3, -0.25) is 4.79 Å². The first-order valence-electron chi connectivity index (χ1n) is 8.88. The SMILES string of the molecule is COc1ccc(CCCNC(=O)C2CC23CCNCC3)cc1OC.Cl. The number of hydrogen-bond donors (Lipinski definition) is 2. The van der Waals surface area contributed by atoms with Gasteiger partial charge in [0.05, 0.1) is 14.2 Å². The van der Waals surface area contributed by atoms with Crippen molar-refractivity contribution >= 4 is 18.3 Å². The summed E-state index contributed by atoms with van der Waals surface area (Å²) < 4.78 is 10.6. The number of ether oxygens (including phenoxy) is 2. The first kappa shape index (κ1) is 19.9. The quantitative estimate of drug-likeness (QED) is 0.726. The third-order valence-electron chi connectivity index (χ3n) is 5.49. The fourth-order valence-corrected chi connectivity index (χ4v) is 3.86. The highest BCUT2D eigenvalue weighted by Gasteiger charge is 2.57. The van der Waals surface area contributed by atoms with Gasteiger partial charge in [-0.05, 0) is 68.3 Å². The molecule has 25 heavy (non-hydrogen) atoms. The zero-order valence-corrected chi connectivity index (χ0v) is 15.9. The molecule has 5 nitrogen and oxygen atoms in total. The molecule has 0 aromatic heterocycles. The highest BCUT2D eigenvalue weighted by molar-refractivity contribution is 5.85. The van der Waals surface area contributed by atoms with Crippen LogP contribution in [0.15, 0.2) is 18.2 Å². The molecule has 1 amide bonds. The molecule has 1 spiro atoms. The van der Waals surface area contributed by atoms with Crippen LogP contribution >= 0.6 is 12.4 Å². The Labute approximate surface area is 156 Å². The van der Waals surface area contributed by atoms with E-state index in [1.54, 1.807) is 14.2 Å². The third kappa shape index (κ3) is 4.59. The van der Waals surface area contributed by atoms with Crippen LogP contribution in [0.1, 0.15) is 31.2 Å². The van der Waals surface area contributed by atoms with Gasteiger partial charge in [0.25, 0.3) is 0 Å². The van der Waals surface area contributed by atoms with Gasteiger partial charge >= 0.3 is 0 Å². The molecular weight excluding hydrogens is 340 g/mol. The van der Waals surface area contributed by atoms with Crippen LogP contribution in [0, 0.1) is 11.3 Å². The van der Waals surface area contributed by atoms with Gasteiger partial charge < -0.3 is 20.1 Å². The summed E-state index contributed by atoms with van der Waals surface area (Å²) in [5.74, 6) is 2.00. The Morgan fingerprint density at radius 2 is 1.96 bits per heavy atom. The molecule has 1 aliphatic heterocycles. The van der Waals surface area contributed by atoms with Gasteiger partial charge in [-0.25, -0.2) is 0 Å². The molecule has 1 heterocycles. The molecule has 1 saturated heterocycles. The van der Waals surface area contributed by atoms with Crippen molar-refractivity contribution in [1.82, 2.24) is 10.6 Å². The number of aryl methyl sites for hydroxylation is 1. The lowest BCUT2D eigenvalue weighted by atomic mass is 9.92. The van der Waals surface area contributed by atoms with Crippen molar-refractivity contribution in [2.45, 2.75) is 32.1 Å². The van der Waals surface area contributed by atoms with Gasteiger partial charge in [0.15, 0.2) is 11.5 Å². The highest BCUT2D eigenvalue weighted by atomic mass is 35.5. The van der Waals surface area contributed by atoms with E-state index in [9.17, 15) is 4.79 Å². The monoisotopic (exact) mass is 368 g/mol. The Balaban J connectivity index is 0.00000225. The van der Waals surface area contributed by atoms with E-state index in [0.717, 1.165) is 63.2 Å². The molecule has 1 aliphatic carbocycles. The molecule has 2 fully saturated rings. The van der Waals surface area contributed by atoms with Crippen molar-refractivity contribution in [3.8, 4) is 11.5 Å². The fourth-order valence-electron chi connectivity index (χ4n) is 3.86. The Bertz CT molecular complexity index is 588. The predicted molar refractivity (Wildman–Crippen MR) is 101 cm³/mol. The summed E-state index contributed by atoms with van der Waals surface area (Å²) in [5.41, 5.74) is 1.52. The third-order valence-corrected chi connectivity index (χ3v) is 5.49. The van der Waals surface area contributed by atoms with Crippen molar-refractivity contribution in [2.75, 3.05) is 33.9 Å². The van der Waals surface area contributed by atoms with Gasteiger partial charge in [0, 0.05) is 12.5 Å². The van der Waals surface area contributed by atoms with Crippen LogP contribution in [0.25, 0.3) is 0 Å². The average molecular weight is 369 g/mol. The highest BCUT2D eigenvalue weighted by Crippen LogP contribution is 2.58. The summed E-state index contributed by atoms with van der Waals surface area (Å²) in [6.07, 6.45) is 5.23. The second-order valence-electron chi connectivity index (χ2n) is 6.95. The number of nitrogens with one attached hydrogen (secondary N) is 2. The molecule has 2 aliphatic rings. The van der Waals surface area contributed by atoms with Crippen molar-refractivity contribution in [2.24, 2.45) is 11.3 Å². The summed E-state index contributed by atoms with van der Waals surface area (Å²) >= 11 is 0. The van der Waals surface area contributed by atoms with E-state index in [-0.39, 0.29) is 24.2 Å². The Hall–Kier alpha value is -1.46. The number of halogens is 1. The smallest absolute Gasteiger partial charge is 0.223 e. The minimum atomic E-state index is 0. The minimum Gasteiger partial charge on any atom is -0.493 e. The first-order valence-corrected chi connectivity index (χ1v) is 8.88. The first-order chi connectivity index (χ1) is 11.7. The van der Waals surface area contributed by atoms with E-state index in [1.165, 1.54) is 5.56 Å². The molecule has 1 aromatic rings. The molecule has 3 rings (SSSR count). The fraction of sp³-hybridized carbons (Fsp3) is 0.632. The van der Waals surface area contributed by atoms with Gasteiger partial charge in [0.2, 0.25) is 5.91 Å². The van der Waals surface area contributed by atoms with Crippen molar-refractivity contribution in [3.63, 3.8) is 0 Å². The summed E-state index contributed by atoms with van der Waals surface area (Å²) in [5, 5.41) is 6.50. The second kappa shape index (κ2) is 8.77. The maximum absolute atomic E-state index is 12.3. The van der Waals surface area contributed by atoms with Crippen LogP contribution in [0.3, 0.4) is 0 Å². The molecule has 1 atom stereocenters. The summed E-state index contributed by atoms with van der Waals surface area (Å²) in [6, 6.07) is 5.98. The molecule has 6 heteroatoms. The van der Waals surface area contributed by atoms with Crippen molar-refractivity contribution in [3.05, 3.63) is 23.8 Å². The molecule has 140 valence electrons. The summed E-state index contributed by atoms with van der Waals surface area (Å²) in [7, 11) is 3.29. The van der Waals surface area contributed by atoms with Crippen molar-refractivity contribution < 1.29 is 14.3 Å². The Morgan fingerprint density at radius 1 is 1.24 bits per heavy atom. The summed E-state index contributed by atoms with van der Waals surface area (Å²) in [6.45, 7) is 2.85. The number of carbonyl (C=O) groups excluding carboxylic acids is 1. The topological polar surface area (TPSA) is 59.6 Å². The van der Waals surface area contributed by atoms with Gasteiger partial charge in [-0.15, -0.1) is 12.4 Å². The zero-order chi connectivity index (χ0) is 17.0. The average Bonchev–Trinajstić information content (AvgIpc) is 3.31. The molecule has 0 radical (unpaired) electrons. The van der Waals surface area contributed by atoms with E-state index < -0.39 is 0 Å². The van der Waals surface area contributed by atoms with E-state index >= 15 is 0 Å². The number of methoxy groups -OCH3 is 2. The van der Waals surface area contributed by atoms with Crippen LogP contribution in [0.5, 0.6) is 11.5 Å². The Kier molecular flexibility index (Phi) is 6.96. The summed E-state index contributed by atoms with van der Waals surface area (Å²) in [4.78, 5) is 12.3. The number of rotatable bonds is 7. The van der Waals surface area contributed by atoms with Crippen LogP contribution in [-0.4, -0.2) is 39.8 Å². The van der Waals surface area contributed by atoms with Gasteiger partial charge in [-0.2, -0.15) is 0 Å². The minimum absolute atomic E-state index is 0. The maximum atomic E-state index is 12.3. The number of benzene rings is 1. The second-order valence-corrected chi connectivity index (χ2v) is 6.95. The lowest BCUT2D eigenvalue weighted by Crippen LogP contribution is -2.34. The lowest BCUT2D eigenvalue weighted by Gasteiger charge is -2.23. The van der Waals surface area contributed by atoms with E-state index in [1.807, 2.05) is 18.2 Å².